The number of aromatic nitrogens is 1. The molecule has 0 bridgehead atoms. The summed E-state index contributed by atoms with van der Waals surface area (Å²) in [5.41, 5.74) is 2.45. The Labute approximate surface area is 203 Å². The van der Waals surface area contributed by atoms with Gasteiger partial charge >= 0.3 is 0 Å². The molecule has 172 valence electrons. The standard InChI is InChI=1S/C26H28ClN3O2S/c1-5-32-21-14-12-18-9-6-7-10-19(18)22(21)25(31)30(16-8-15-29(3)4)26-28-23-17(2)11-13-20(27)24(23)33-26/h6-7,9-14H,5,8,15-16H2,1-4H3. The third-order valence-corrected chi connectivity index (χ3v) is 7.09. The molecule has 0 spiro atoms. The normalized spacial score (nSPS) is 11.5. The molecule has 1 aromatic heterocycles. The van der Waals surface area contributed by atoms with Crippen molar-refractivity contribution >= 4 is 55.0 Å². The first-order valence-electron chi connectivity index (χ1n) is 11.1. The molecule has 1 amide bonds. The largest absolute Gasteiger partial charge is 0.493 e. The highest BCUT2D eigenvalue weighted by atomic mass is 35.5. The van der Waals surface area contributed by atoms with Gasteiger partial charge in [-0.25, -0.2) is 4.98 Å². The molecule has 0 radical (unpaired) electrons. The molecule has 4 aromatic rings. The number of rotatable bonds is 8. The van der Waals surface area contributed by atoms with Crippen molar-refractivity contribution in [3.63, 3.8) is 0 Å². The van der Waals surface area contributed by atoms with Crippen LogP contribution in [0.25, 0.3) is 21.0 Å². The average Bonchev–Trinajstić information content (AvgIpc) is 3.25. The zero-order valence-electron chi connectivity index (χ0n) is 19.4. The molecule has 7 heteroatoms. The molecule has 0 aliphatic rings. The van der Waals surface area contributed by atoms with Crippen LogP contribution >= 0.6 is 22.9 Å². The van der Waals surface area contributed by atoms with Gasteiger partial charge in [-0.2, -0.15) is 0 Å². The van der Waals surface area contributed by atoms with Crippen LogP contribution in [-0.2, 0) is 0 Å². The third-order valence-electron chi connectivity index (χ3n) is 5.55. The van der Waals surface area contributed by atoms with Crippen LogP contribution in [0.1, 0.15) is 29.3 Å². The van der Waals surface area contributed by atoms with Gasteiger partial charge in [-0.15, -0.1) is 0 Å². The SMILES string of the molecule is CCOc1ccc2ccccc2c1C(=O)N(CCCN(C)C)c1nc2c(C)ccc(Cl)c2s1. The van der Waals surface area contributed by atoms with Crippen LogP contribution in [0.4, 0.5) is 5.13 Å². The minimum atomic E-state index is -0.109. The second-order valence-electron chi connectivity index (χ2n) is 8.24. The van der Waals surface area contributed by atoms with Crippen molar-refractivity contribution in [1.29, 1.82) is 0 Å². The lowest BCUT2D eigenvalue weighted by atomic mass is 10.0. The van der Waals surface area contributed by atoms with E-state index in [2.05, 4.69) is 4.90 Å². The third kappa shape index (κ3) is 4.83. The molecule has 0 saturated carbocycles. The summed E-state index contributed by atoms with van der Waals surface area (Å²) in [5.74, 6) is 0.482. The zero-order valence-corrected chi connectivity index (χ0v) is 21.0. The van der Waals surface area contributed by atoms with Crippen molar-refractivity contribution in [3.05, 3.63) is 64.7 Å². The number of nitrogens with zero attached hydrogens (tertiary/aromatic N) is 3. The van der Waals surface area contributed by atoms with Gasteiger partial charge in [-0.1, -0.05) is 59.3 Å². The van der Waals surface area contributed by atoms with Crippen LogP contribution in [-0.4, -0.2) is 49.6 Å². The number of carbonyl (C=O) groups is 1. The van der Waals surface area contributed by atoms with Crippen LogP contribution in [0.2, 0.25) is 5.02 Å². The fourth-order valence-electron chi connectivity index (χ4n) is 3.92. The monoisotopic (exact) mass is 481 g/mol. The maximum Gasteiger partial charge on any atom is 0.264 e. The number of thiazole rings is 1. The molecule has 0 aliphatic carbocycles. The van der Waals surface area contributed by atoms with Gasteiger partial charge in [0.2, 0.25) is 0 Å². The molecular weight excluding hydrogens is 454 g/mol. The molecule has 0 atom stereocenters. The van der Waals surface area contributed by atoms with Crippen LogP contribution in [0.15, 0.2) is 48.5 Å². The van der Waals surface area contributed by atoms with E-state index in [-0.39, 0.29) is 5.91 Å². The summed E-state index contributed by atoms with van der Waals surface area (Å²) in [4.78, 5) is 22.9. The Kier molecular flexibility index (Phi) is 7.17. The Hall–Kier alpha value is -2.67. The quantitative estimate of drug-likeness (QED) is 0.292. The van der Waals surface area contributed by atoms with Gasteiger partial charge in [0, 0.05) is 6.54 Å². The summed E-state index contributed by atoms with van der Waals surface area (Å²) in [5, 5.41) is 3.18. The van der Waals surface area contributed by atoms with Crippen molar-refractivity contribution in [2.45, 2.75) is 20.3 Å². The predicted molar refractivity (Wildman–Crippen MR) is 139 cm³/mol. The molecule has 0 fully saturated rings. The Morgan fingerprint density at radius 3 is 2.61 bits per heavy atom. The van der Waals surface area contributed by atoms with Crippen LogP contribution in [0.5, 0.6) is 5.75 Å². The van der Waals surface area contributed by atoms with E-state index in [1.807, 2.05) is 76.5 Å². The number of hydrogen-bond acceptors (Lipinski definition) is 5. The fourth-order valence-corrected chi connectivity index (χ4v) is 5.26. The van der Waals surface area contributed by atoms with E-state index in [9.17, 15) is 4.79 Å². The van der Waals surface area contributed by atoms with E-state index >= 15 is 0 Å². The smallest absolute Gasteiger partial charge is 0.264 e. The highest BCUT2D eigenvalue weighted by molar-refractivity contribution is 7.23. The summed E-state index contributed by atoms with van der Waals surface area (Å²) < 4.78 is 6.80. The predicted octanol–water partition coefficient (Wildman–Crippen LogP) is 6.41. The van der Waals surface area contributed by atoms with E-state index in [1.165, 1.54) is 11.3 Å². The molecule has 0 saturated heterocycles. The molecule has 4 rings (SSSR count). The fraction of sp³-hybridized carbons (Fsp3) is 0.308. The number of hydrogen-bond donors (Lipinski definition) is 0. The van der Waals surface area contributed by atoms with Gasteiger partial charge in [-0.3, -0.25) is 9.69 Å². The second kappa shape index (κ2) is 10.1. The van der Waals surface area contributed by atoms with Crippen molar-refractivity contribution in [2.75, 3.05) is 38.7 Å². The van der Waals surface area contributed by atoms with Gasteiger partial charge in [0.05, 0.1) is 27.4 Å². The summed E-state index contributed by atoms with van der Waals surface area (Å²) in [6.07, 6.45) is 0.816. The van der Waals surface area contributed by atoms with E-state index in [4.69, 9.17) is 21.3 Å². The van der Waals surface area contributed by atoms with Crippen molar-refractivity contribution in [2.24, 2.45) is 0 Å². The topological polar surface area (TPSA) is 45.7 Å². The maximum absolute atomic E-state index is 14.1. The molecule has 0 N–H and O–H groups in total. The summed E-state index contributed by atoms with van der Waals surface area (Å²) in [6.45, 7) is 5.83. The van der Waals surface area contributed by atoms with Gasteiger partial charge in [-0.05, 0) is 69.4 Å². The van der Waals surface area contributed by atoms with E-state index in [0.29, 0.717) is 34.6 Å². The number of halogens is 1. The Morgan fingerprint density at radius 1 is 1.09 bits per heavy atom. The van der Waals surface area contributed by atoms with Gasteiger partial charge in [0.15, 0.2) is 5.13 Å². The average molecular weight is 482 g/mol. The Balaban J connectivity index is 1.85. The molecule has 0 aliphatic heterocycles. The molecule has 3 aromatic carbocycles. The highest BCUT2D eigenvalue weighted by Crippen LogP contribution is 2.37. The lowest BCUT2D eigenvalue weighted by Gasteiger charge is -2.23. The zero-order chi connectivity index (χ0) is 23.5. The summed E-state index contributed by atoms with van der Waals surface area (Å²) >= 11 is 7.93. The first-order valence-corrected chi connectivity index (χ1v) is 12.3. The number of carbonyl (C=O) groups excluding carboxylic acids is 1. The van der Waals surface area contributed by atoms with Crippen LogP contribution < -0.4 is 9.64 Å². The molecular formula is C26H28ClN3O2S. The summed E-state index contributed by atoms with van der Waals surface area (Å²) in [6, 6.07) is 15.6. The molecule has 1 heterocycles. The second-order valence-corrected chi connectivity index (χ2v) is 9.63. The number of ether oxygens (including phenoxy) is 1. The van der Waals surface area contributed by atoms with Crippen molar-refractivity contribution in [3.8, 4) is 5.75 Å². The number of aryl methyl sites for hydroxylation is 1. The molecule has 33 heavy (non-hydrogen) atoms. The first kappa shape index (κ1) is 23.5. The van der Waals surface area contributed by atoms with Crippen LogP contribution in [0.3, 0.4) is 0 Å². The Bertz CT molecular complexity index is 1260. The highest BCUT2D eigenvalue weighted by Gasteiger charge is 2.26. The number of benzene rings is 3. The van der Waals surface area contributed by atoms with Gasteiger partial charge in [0.1, 0.15) is 5.75 Å². The first-order chi connectivity index (χ1) is 15.9. The van der Waals surface area contributed by atoms with Crippen molar-refractivity contribution < 1.29 is 9.53 Å². The Morgan fingerprint density at radius 2 is 1.88 bits per heavy atom. The van der Waals surface area contributed by atoms with E-state index in [0.717, 1.165) is 39.5 Å². The van der Waals surface area contributed by atoms with E-state index in [1.54, 1.807) is 4.90 Å². The molecule has 0 unspecified atom stereocenters. The van der Waals surface area contributed by atoms with Gasteiger partial charge in [0.25, 0.3) is 5.91 Å². The van der Waals surface area contributed by atoms with Crippen molar-refractivity contribution in [1.82, 2.24) is 9.88 Å². The van der Waals surface area contributed by atoms with E-state index < -0.39 is 0 Å². The number of amides is 1. The minimum absolute atomic E-state index is 0.109. The van der Waals surface area contributed by atoms with Crippen LogP contribution in [0, 0.1) is 6.92 Å². The number of fused-ring (bicyclic) bond motifs is 2. The minimum Gasteiger partial charge on any atom is -0.493 e. The lowest BCUT2D eigenvalue weighted by Crippen LogP contribution is -2.34. The molecule has 5 nitrogen and oxygen atoms in total. The summed E-state index contributed by atoms with van der Waals surface area (Å²) in [7, 11) is 4.07. The maximum atomic E-state index is 14.1. The van der Waals surface area contributed by atoms with Gasteiger partial charge < -0.3 is 9.64 Å². The lowest BCUT2D eigenvalue weighted by molar-refractivity contribution is 0.0984. The number of anilines is 1.